The molecule has 32 heavy (non-hydrogen) atoms. The second kappa shape index (κ2) is 9.71. The van der Waals surface area contributed by atoms with Gasteiger partial charge in [-0.1, -0.05) is 90.5 Å². The highest BCUT2D eigenvalue weighted by molar-refractivity contribution is 6.31. The fraction of sp³-hybridized carbons (Fsp3) is 0.107. The number of amides is 1. The van der Waals surface area contributed by atoms with Gasteiger partial charge < -0.3 is 10.6 Å². The van der Waals surface area contributed by atoms with Crippen LogP contribution in [0.25, 0.3) is 0 Å². The van der Waals surface area contributed by atoms with Crippen molar-refractivity contribution in [3.8, 4) is 0 Å². The second-order valence-corrected chi connectivity index (χ2v) is 8.14. The van der Waals surface area contributed by atoms with E-state index in [9.17, 15) is 4.79 Å². The first kappa shape index (κ1) is 21.7. The van der Waals surface area contributed by atoms with Gasteiger partial charge in [-0.15, -0.1) is 0 Å². The molecule has 4 aromatic carbocycles. The number of carbonyl (C=O) groups is 1. The number of hydrogen-bond acceptors (Lipinski definition) is 2. The van der Waals surface area contributed by atoms with Gasteiger partial charge in [0.25, 0.3) is 0 Å². The molecule has 0 aliphatic carbocycles. The van der Waals surface area contributed by atoms with Crippen molar-refractivity contribution >= 4 is 28.9 Å². The molecule has 1 aliphatic rings. The van der Waals surface area contributed by atoms with E-state index in [1.807, 2.05) is 77.7 Å². The summed E-state index contributed by atoms with van der Waals surface area (Å²) in [7, 11) is 0. The highest BCUT2D eigenvalue weighted by Crippen LogP contribution is 2.44. The van der Waals surface area contributed by atoms with Crippen LogP contribution in [0.3, 0.4) is 0 Å². The number of anilines is 2. The largest absolute Gasteiger partial charge is 0.399 e. The van der Waals surface area contributed by atoms with Gasteiger partial charge in [-0.05, 0) is 46.5 Å². The molecule has 0 radical (unpaired) electrons. The number of nitrogens with two attached hydrogens (primary N) is 1. The maximum absolute atomic E-state index is 12.3. The highest BCUT2D eigenvalue weighted by atomic mass is 35.5. The number of carbonyl (C=O) groups excluding carboxylic acids is 1. The maximum atomic E-state index is 12.3. The maximum Gasteiger partial charge on any atom is 0.224 e. The van der Waals surface area contributed by atoms with Crippen LogP contribution in [0.1, 0.15) is 35.1 Å². The van der Waals surface area contributed by atoms with E-state index >= 15 is 0 Å². The SMILES string of the molecule is CC(=O)N1Cc2ccccc2C(c2ccccc2Cl)c2ccccc21.Nc1ccccc1. The van der Waals surface area contributed by atoms with Crippen LogP contribution in [0.4, 0.5) is 11.4 Å². The van der Waals surface area contributed by atoms with Crippen molar-refractivity contribution in [2.24, 2.45) is 0 Å². The summed E-state index contributed by atoms with van der Waals surface area (Å²) in [6.07, 6.45) is 0. The van der Waals surface area contributed by atoms with E-state index in [2.05, 4.69) is 30.3 Å². The number of fused-ring (bicyclic) bond motifs is 2. The van der Waals surface area contributed by atoms with E-state index in [1.165, 1.54) is 5.56 Å². The Morgan fingerprint density at radius 3 is 1.97 bits per heavy atom. The minimum Gasteiger partial charge on any atom is -0.399 e. The number of nitrogens with zero attached hydrogens (tertiary/aromatic N) is 1. The van der Waals surface area contributed by atoms with Gasteiger partial charge in [0, 0.05) is 29.2 Å². The van der Waals surface area contributed by atoms with Gasteiger partial charge in [0.15, 0.2) is 0 Å². The fourth-order valence-corrected chi connectivity index (χ4v) is 4.38. The number of halogens is 1. The quantitative estimate of drug-likeness (QED) is 0.336. The van der Waals surface area contributed by atoms with Gasteiger partial charge in [0.1, 0.15) is 0 Å². The first-order valence-electron chi connectivity index (χ1n) is 10.6. The summed E-state index contributed by atoms with van der Waals surface area (Å²) in [5.41, 5.74) is 11.7. The summed E-state index contributed by atoms with van der Waals surface area (Å²) in [4.78, 5) is 14.2. The number of nitrogen functional groups attached to an aromatic ring is 1. The third kappa shape index (κ3) is 4.53. The summed E-state index contributed by atoms with van der Waals surface area (Å²) in [6, 6.07) is 33.9. The minimum absolute atomic E-state index is 0.00505. The van der Waals surface area contributed by atoms with Crippen molar-refractivity contribution in [2.45, 2.75) is 19.4 Å². The molecule has 0 fully saturated rings. The van der Waals surface area contributed by atoms with Crippen molar-refractivity contribution in [2.75, 3.05) is 10.6 Å². The third-order valence-electron chi connectivity index (χ3n) is 5.63. The first-order valence-corrected chi connectivity index (χ1v) is 10.9. The van der Waals surface area contributed by atoms with E-state index < -0.39 is 0 Å². The van der Waals surface area contributed by atoms with Crippen LogP contribution in [0.5, 0.6) is 0 Å². The summed E-state index contributed by atoms with van der Waals surface area (Å²) in [6.45, 7) is 2.19. The number of hydrogen-bond donors (Lipinski definition) is 1. The monoisotopic (exact) mass is 440 g/mol. The molecule has 0 saturated heterocycles. The third-order valence-corrected chi connectivity index (χ3v) is 5.97. The molecule has 4 aromatic rings. The van der Waals surface area contributed by atoms with Crippen LogP contribution in [-0.4, -0.2) is 5.91 Å². The molecule has 1 aliphatic heterocycles. The average Bonchev–Trinajstić information content (AvgIpc) is 2.95. The summed E-state index contributed by atoms with van der Waals surface area (Å²) >= 11 is 6.56. The Morgan fingerprint density at radius 2 is 1.34 bits per heavy atom. The molecule has 0 spiro atoms. The van der Waals surface area contributed by atoms with Crippen LogP contribution < -0.4 is 10.6 Å². The molecule has 1 heterocycles. The lowest BCUT2D eigenvalue weighted by atomic mass is 9.83. The molecule has 4 heteroatoms. The van der Waals surface area contributed by atoms with Gasteiger partial charge in [0.2, 0.25) is 5.91 Å². The van der Waals surface area contributed by atoms with Crippen molar-refractivity contribution in [3.63, 3.8) is 0 Å². The number of para-hydroxylation sites is 2. The lowest BCUT2D eigenvalue weighted by Gasteiger charge is -2.23. The smallest absolute Gasteiger partial charge is 0.224 e. The van der Waals surface area contributed by atoms with Gasteiger partial charge in [-0.2, -0.15) is 0 Å². The van der Waals surface area contributed by atoms with Crippen molar-refractivity contribution in [3.05, 3.63) is 130 Å². The van der Waals surface area contributed by atoms with Crippen molar-refractivity contribution in [1.82, 2.24) is 0 Å². The van der Waals surface area contributed by atoms with Crippen molar-refractivity contribution in [1.29, 1.82) is 0 Å². The summed E-state index contributed by atoms with van der Waals surface area (Å²) in [5, 5.41) is 0.744. The van der Waals surface area contributed by atoms with E-state index in [0.29, 0.717) is 6.54 Å². The zero-order chi connectivity index (χ0) is 22.5. The summed E-state index contributed by atoms with van der Waals surface area (Å²) < 4.78 is 0. The molecular weight excluding hydrogens is 416 g/mol. The normalized spacial score (nSPS) is 14.3. The zero-order valence-electron chi connectivity index (χ0n) is 17.9. The zero-order valence-corrected chi connectivity index (χ0v) is 18.7. The fourth-order valence-electron chi connectivity index (χ4n) is 4.14. The van der Waals surface area contributed by atoms with Crippen molar-refractivity contribution < 1.29 is 4.79 Å². The van der Waals surface area contributed by atoms with Crippen LogP contribution >= 0.6 is 11.6 Å². The molecule has 0 saturated carbocycles. The highest BCUT2D eigenvalue weighted by Gasteiger charge is 2.30. The Balaban J connectivity index is 0.000000300. The Morgan fingerprint density at radius 1 is 0.781 bits per heavy atom. The average molecular weight is 441 g/mol. The Labute approximate surface area is 194 Å². The van der Waals surface area contributed by atoms with Gasteiger partial charge in [-0.25, -0.2) is 0 Å². The van der Waals surface area contributed by atoms with E-state index in [4.69, 9.17) is 17.3 Å². The molecule has 0 bridgehead atoms. The molecule has 160 valence electrons. The number of benzene rings is 4. The van der Waals surface area contributed by atoms with Crippen LogP contribution in [-0.2, 0) is 11.3 Å². The lowest BCUT2D eigenvalue weighted by molar-refractivity contribution is -0.116. The Bertz CT molecular complexity index is 1220. The Hall–Kier alpha value is -3.56. The van der Waals surface area contributed by atoms with Gasteiger partial charge in [-0.3, -0.25) is 4.79 Å². The van der Waals surface area contributed by atoms with E-state index in [0.717, 1.165) is 33.1 Å². The van der Waals surface area contributed by atoms with Crippen LogP contribution in [0.15, 0.2) is 103 Å². The van der Waals surface area contributed by atoms with E-state index in [-0.39, 0.29) is 11.8 Å². The topological polar surface area (TPSA) is 46.3 Å². The molecule has 2 N–H and O–H groups in total. The molecule has 3 nitrogen and oxygen atoms in total. The first-order chi connectivity index (χ1) is 15.6. The molecule has 1 atom stereocenters. The molecular formula is C28H25ClN2O. The molecule has 1 amide bonds. The standard InChI is InChI=1S/C22H18ClNO.C6H7N/c1-15(25)24-14-16-8-2-3-9-17(16)22(18-10-4-6-12-20(18)23)19-11-5-7-13-21(19)24;7-6-4-2-1-3-5-6/h2-13,22H,14H2,1H3;1-5H,7H2. The minimum atomic E-state index is 0.00505. The van der Waals surface area contributed by atoms with E-state index in [1.54, 1.807) is 6.92 Å². The predicted octanol–water partition coefficient (Wildman–Crippen LogP) is 6.66. The molecule has 5 rings (SSSR count). The van der Waals surface area contributed by atoms with Gasteiger partial charge in [0.05, 0.1) is 6.54 Å². The number of rotatable bonds is 1. The second-order valence-electron chi connectivity index (χ2n) is 7.73. The molecule has 0 aromatic heterocycles. The predicted molar refractivity (Wildman–Crippen MR) is 133 cm³/mol. The van der Waals surface area contributed by atoms with Crippen LogP contribution in [0, 0.1) is 0 Å². The molecule has 1 unspecified atom stereocenters. The van der Waals surface area contributed by atoms with Crippen LogP contribution in [0.2, 0.25) is 5.02 Å². The summed E-state index contributed by atoms with van der Waals surface area (Å²) in [5.74, 6) is 0.0486. The van der Waals surface area contributed by atoms with Gasteiger partial charge >= 0.3 is 0 Å². The Kier molecular flexibility index (Phi) is 6.58. The lowest BCUT2D eigenvalue weighted by Crippen LogP contribution is -2.27.